The first-order valence-corrected chi connectivity index (χ1v) is 4.40. The largest absolute Gasteiger partial charge is 0.461 e. The molecule has 0 spiro atoms. The van der Waals surface area contributed by atoms with Gasteiger partial charge in [0.25, 0.3) is 0 Å². The molecule has 6 nitrogen and oxygen atoms in total. The van der Waals surface area contributed by atoms with Crippen molar-refractivity contribution in [1.29, 1.82) is 0 Å². The lowest BCUT2D eigenvalue weighted by Crippen LogP contribution is -2.20. The highest BCUT2D eigenvalue weighted by atomic mass is 16.5. The predicted octanol–water partition coefficient (Wildman–Crippen LogP) is 0.412. The lowest BCUT2D eigenvalue weighted by Gasteiger charge is -2.02. The SMILES string of the molecule is CCOC(=O)/C(Cc1cnccn1)=N\O. The van der Waals surface area contributed by atoms with Gasteiger partial charge in [-0.25, -0.2) is 4.79 Å². The van der Waals surface area contributed by atoms with E-state index >= 15 is 0 Å². The number of oxime groups is 1. The Hall–Kier alpha value is -1.98. The molecule has 1 N–H and O–H groups in total. The molecule has 0 radical (unpaired) electrons. The van der Waals surface area contributed by atoms with E-state index in [0.717, 1.165) is 0 Å². The van der Waals surface area contributed by atoms with Gasteiger partial charge in [-0.2, -0.15) is 0 Å². The molecule has 80 valence electrons. The molecule has 0 amide bonds. The molecule has 0 bridgehead atoms. The topological polar surface area (TPSA) is 84.7 Å². The number of carbonyl (C=O) groups is 1. The molecule has 0 aliphatic carbocycles. The van der Waals surface area contributed by atoms with Crippen LogP contribution in [0, 0.1) is 0 Å². The Kier molecular flexibility index (Phi) is 4.21. The summed E-state index contributed by atoms with van der Waals surface area (Å²) in [6, 6.07) is 0. The molecule has 15 heavy (non-hydrogen) atoms. The van der Waals surface area contributed by atoms with Crippen molar-refractivity contribution in [1.82, 2.24) is 9.97 Å². The van der Waals surface area contributed by atoms with Gasteiger partial charge in [0.15, 0.2) is 5.71 Å². The molecular formula is C9H11N3O3. The summed E-state index contributed by atoms with van der Waals surface area (Å²) < 4.78 is 4.69. The molecule has 1 aromatic rings. The average Bonchev–Trinajstić information content (AvgIpc) is 2.27. The minimum atomic E-state index is -0.648. The van der Waals surface area contributed by atoms with E-state index in [0.29, 0.717) is 5.69 Å². The minimum Gasteiger partial charge on any atom is -0.461 e. The number of aromatic nitrogens is 2. The summed E-state index contributed by atoms with van der Waals surface area (Å²) in [5, 5.41) is 11.5. The number of esters is 1. The normalized spacial score (nSPS) is 11.1. The summed E-state index contributed by atoms with van der Waals surface area (Å²) in [5.41, 5.74) is 0.454. The molecule has 6 heteroatoms. The van der Waals surface area contributed by atoms with Crippen molar-refractivity contribution in [3.05, 3.63) is 24.3 Å². The van der Waals surface area contributed by atoms with Crippen LogP contribution in [0.15, 0.2) is 23.7 Å². The van der Waals surface area contributed by atoms with Crippen molar-refractivity contribution in [2.75, 3.05) is 6.61 Å². The fourth-order valence-corrected chi connectivity index (χ4v) is 0.956. The van der Waals surface area contributed by atoms with Crippen LogP contribution in [0.25, 0.3) is 0 Å². The monoisotopic (exact) mass is 209 g/mol. The molecule has 0 atom stereocenters. The first-order chi connectivity index (χ1) is 7.27. The zero-order valence-electron chi connectivity index (χ0n) is 8.25. The van der Waals surface area contributed by atoms with Gasteiger partial charge in [0.1, 0.15) is 0 Å². The highest BCUT2D eigenvalue weighted by molar-refractivity contribution is 6.36. The maximum Gasteiger partial charge on any atom is 0.356 e. The number of rotatable bonds is 4. The molecule has 1 rings (SSSR count). The van der Waals surface area contributed by atoms with Gasteiger partial charge in [0, 0.05) is 25.0 Å². The summed E-state index contributed by atoms with van der Waals surface area (Å²) in [4.78, 5) is 19.0. The van der Waals surface area contributed by atoms with Crippen LogP contribution in [-0.4, -0.2) is 33.5 Å². The molecule has 0 saturated heterocycles. The van der Waals surface area contributed by atoms with Gasteiger partial charge in [-0.05, 0) is 6.92 Å². The minimum absolute atomic E-state index is 0.0858. The molecule has 0 fully saturated rings. The van der Waals surface area contributed by atoms with Crippen LogP contribution < -0.4 is 0 Å². The van der Waals surface area contributed by atoms with Crippen molar-refractivity contribution >= 4 is 11.7 Å². The zero-order valence-corrected chi connectivity index (χ0v) is 8.25. The molecule has 0 aliphatic heterocycles. The highest BCUT2D eigenvalue weighted by Gasteiger charge is 2.14. The zero-order chi connectivity index (χ0) is 11.1. The van der Waals surface area contributed by atoms with E-state index in [9.17, 15) is 4.79 Å². The van der Waals surface area contributed by atoms with Gasteiger partial charge in [-0.15, -0.1) is 0 Å². The summed E-state index contributed by atoms with van der Waals surface area (Å²) in [6.45, 7) is 1.91. The van der Waals surface area contributed by atoms with Gasteiger partial charge in [0.05, 0.1) is 12.3 Å². The van der Waals surface area contributed by atoms with E-state index in [4.69, 9.17) is 5.21 Å². The highest BCUT2D eigenvalue weighted by Crippen LogP contribution is 1.96. The third kappa shape index (κ3) is 3.34. The number of hydrogen-bond acceptors (Lipinski definition) is 6. The van der Waals surface area contributed by atoms with E-state index in [1.54, 1.807) is 6.92 Å². The van der Waals surface area contributed by atoms with Crippen LogP contribution in [0.1, 0.15) is 12.6 Å². The number of carbonyl (C=O) groups excluding carboxylic acids is 1. The van der Waals surface area contributed by atoms with Crippen LogP contribution in [0.5, 0.6) is 0 Å². The Bertz CT molecular complexity index is 351. The third-order valence-electron chi connectivity index (χ3n) is 1.60. The van der Waals surface area contributed by atoms with Crippen molar-refractivity contribution in [2.45, 2.75) is 13.3 Å². The number of nitrogens with zero attached hydrogens (tertiary/aromatic N) is 3. The molecule has 0 aliphatic rings. The van der Waals surface area contributed by atoms with Gasteiger partial charge in [0.2, 0.25) is 0 Å². The van der Waals surface area contributed by atoms with Crippen molar-refractivity contribution in [3.63, 3.8) is 0 Å². The fraction of sp³-hybridized carbons (Fsp3) is 0.333. The van der Waals surface area contributed by atoms with Gasteiger partial charge >= 0.3 is 5.97 Å². The van der Waals surface area contributed by atoms with Gasteiger partial charge in [-0.3, -0.25) is 9.97 Å². The summed E-state index contributed by atoms with van der Waals surface area (Å²) in [6.07, 6.45) is 4.60. The van der Waals surface area contributed by atoms with E-state index in [2.05, 4.69) is 19.9 Å². The molecule has 0 unspecified atom stereocenters. The maximum atomic E-state index is 11.2. The molecule has 1 aromatic heterocycles. The van der Waals surface area contributed by atoms with E-state index in [1.165, 1.54) is 18.6 Å². The van der Waals surface area contributed by atoms with Crippen molar-refractivity contribution in [3.8, 4) is 0 Å². The molecular weight excluding hydrogens is 198 g/mol. The Balaban J connectivity index is 2.67. The van der Waals surface area contributed by atoms with Gasteiger partial charge < -0.3 is 9.94 Å². The Morgan fingerprint density at radius 3 is 2.93 bits per heavy atom. The second kappa shape index (κ2) is 5.69. The second-order valence-corrected chi connectivity index (χ2v) is 2.64. The van der Waals surface area contributed by atoms with Crippen LogP contribution in [0.2, 0.25) is 0 Å². The number of hydrogen-bond donors (Lipinski definition) is 1. The van der Waals surface area contributed by atoms with Crippen LogP contribution >= 0.6 is 0 Å². The third-order valence-corrected chi connectivity index (χ3v) is 1.60. The smallest absolute Gasteiger partial charge is 0.356 e. The Labute approximate surface area is 86.6 Å². The maximum absolute atomic E-state index is 11.2. The van der Waals surface area contributed by atoms with E-state index in [1.807, 2.05) is 0 Å². The molecule has 0 saturated carbocycles. The van der Waals surface area contributed by atoms with Crippen LogP contribution in [0.4, 0.5) is 0 Å². The Morgan fingerprint density at radius 1 is 1.60 bits per heavy atom. The standard InChI is InChI=1S/C9H11N3O3/c1-2-15-9(13)8(12-14)5-7-6-10-3-4-11-7/h3-4,6,14H,2,5H2,1H3/b12-8-. The van der Waals surface area contributed by atoms with Crippen molar-refractivity contribution < 1.29 is 14.7 Å². The summed E-state index contributed by atoms with van der Waals surface area (Å²) in [5.74, 6) is -0.648. The first-order valence-electron chi connectivity index (χ1n) is 4.40. The predicted molar refractivity (Wildman–Crippen MR) is 51.6 cm³/mol. The summed E-state index contributed by atoms with van der Waals surface area (Å²) in [7, 11) is 0. The molecule has 1 heterocycles. The average molecular weight is 209 g/mol. The van der Waals surface area contributed by atoms with Crippen molar-refractivity contribution in [2.24, 2.45) is 5.16 Å². The lowest BCUT2D eigenvalue weighted by atomic mass is 10.2. The summed E-state index contributed by atoms with van der Waals surface area (Å²) >= 11 is 0. The van der Waals surface area contributed by atoms with E-state index in [-0.39, 0.29) is 18.7 Å². The second-order valence-electron chi connectivity index (χ2n) is 2.64. The van der Waals surface area contributed by atoms with E-state index < -0.39 is 5.97 Å². The fourth-order valence-electron chi connectivity index (χ4n) is 0.956. The van der Waals surface area contributed by atoms with Crippen LogP contribution in [0.3, 0.4) is 0 Å². The quantitative estimate of drug-likeness (QED) is 0.336. The number of ether oxygens (including phenoxy) is 1. The van der Waals surface area contributed by atoms with Gasteiger partial charge in [-0.1, -0.05) is 5.16 Å². The first kappa shape index (κ1) is 11.1. The lowest BCUT2D eigenvalue weighted by molar-refractivity contribution is -0.135. The Morgan fingerprint density at radius 2 is 2.40 bits per heavy atom. The van der Waals surface area contributed by atoms with Crippen LogP contribution in [-0.2, 0) is 16.0 Å². The molecule has 0 aromatic carbocycles.